The molecule has 110 valence electrons. The quantitative estimate of drug-likeness (QED) is 0.936. The van der Waals surface area contributed by atoms with Gasteiger partial charge in [0, 0.05) is 24.9 Å². The number of methoxy groups -OCH3 is 1. The fourth-order valence-corrected chi connectivity index (χ4v) is 3.30. The minimum Gasteiger partial charge on any atom is -0.389 e. The van der Waals surface area contributed by atoms with E-state index in [1.165, 1.54) is 5.56 Å². The normalized spacial score (nSPS) is 20.6. The number of aryl methyl sites for hydroxylation is 1. The molecule has 1 aliphatic carbocycles. The van der Waals surface area contributed by atoms with Gasteiger partial charge in [0.15, 0.2) is 0 Å². The summed E-state index contributed by atoms with van der Waals surface area (Å²) in [6.07, 6.45) is 4.02. The van der Waals surface area contributed by atoms with Crippen molar-refractivity contribution in [3.05, 3.63) is 65.5 Å². The average molecular weight is 283 g/mol. The lowest BCUT2D eigenvalue weighted by atomic mass is 9.80. The van der Waals surface area contributed by atoms with Gasteiger partial charge in [-0.1, -0.05) is 36.4 Å². The predicted molar refractivity (Wildman–Crippen MR) is 82.1 cm³/mol. The number of rotatable bonds is 4. The lowest BCUT2D eigenvalue weighted by Gasteiger charge is -2.32. The van der Waals surface area contributed by atoms with E-state index in [0.29, 0.717) is 0 Å². The average Bonchev–Trinajstić information content (AvgIpc) is 2.56. The van der Waals surface area contributed by atoms with Crippen molar-refractivity contribution in [2.24, 2.45) is 0 Å². The Morgan fingerprint density at radius 3 is 2.76 bits per heavy atom. The van der Waals surface area contributed by atoms with Gasteiger partial charge in [0.25, 0.3) is 0 Å². The maximum absolute atomic E-state index is 10.9. The molecule has 3 nitrogen and oxygen atoms in total. The maximum atomic E-state index is 10.9. The van der Waals surface area contributed by atoms with Crippen LogP contribution in [0.2, 0.25) is 0 Å². The molecule has 1 heterocycles. The fraction of sp³-hybridized carbons (Fsp3) is 0.389. The van der Waals surface area contributed by atoms with Gasteiger partial charge < -0.3 is 9.84 Å². The summed E-state index contributed by atoms with van der Waals surface area (Å²) in [5.41, 5.74) is 3.31. The minimum atomic E-state index is -0.577. The van der Waals surface area contributed by atoms with Gasteiger partial charge in [0.2, 0.25) is 0 Å². The van der Waals surface area contributed by atoms with Crippen LogP contribution >= 0.6 is 0 Å². The number of nitrogens with zero attached hydrogens (tertiary/aromatic N) is 1. The molecule has 3 heteroatoms. The highest BCUT2D eigenvalue weighted by atomic mass is 16.5. The first-order valence-electron chi connectivity index (χ1n) is 7.51. The summed E-state index contributed by atoms with van der Waals surface area (Å²) >= 11 is 0. The highest BCUT2D eigenvalue weighted by Gasteiger charge is 2.33. The van der Waals surface area contributed by atoms with Crippen LogP contribution < -0.4 is 0 Å². The third-order valence-electron chi connectivity index (χ3n) is 4.34. The van der Waals surface area contributed by atoms with Gasteiger partial charge in [0.05, 0.1) is 6.10 Å². The van der Waals surface area contributed by atoms with Gasteiger partial charge >= 0.3 is 0 Å². The van der Waals surface area contributed by atoms with E-state index in [9.17, 15) is 5.11 Å². The van der Waals surface area contributed by atoms with E-state index in [1.807, 2.05) is 42.6 Å². The molecule has 0 spiro atoms. The number of ether oxygens (including phenoxy) is 1. The second-order valence-corrected chi connectivity index (χ2v) is 5.60. The van der Waals surface area contributed by atoms with E-state index < -0.39 is 6.10 Å². The second-order valence-electron chi connectivity index (χ2n) is 5.60. The zero-order valence-corrected chi connectivity index (χ0v) is 12.3. The first kappa shape index (κ1) is 14.2. The van der Waals surface area contributed by atoms with E-state index >= 15 is 0 Å². The van der Waals surface area contributed by atoms with Crippen LogP contribution in [0.3, 0.4) is 0 Å². The number of hydrogen-bond donors (Lipinski definition) is 1. The van der Waals surface area contributed by atoms with Crippen molar-refractivity contribution in [2.45, 2.75) is 37.4 Å². The van der Waals surface area contributed by atoms with Crippen molar-refractivity contribution in [3.8, 4) is 0 Å². The molecular weight excluding hydrogens is 262 g/mol. The van der Waals surface area contributed by atoms with Crippen molar-refractivity contribution < 1.29 is 9.84 Å². The largest absolute Gasteiger partial charge is 0.389 e. The van der Waals surface area contributed by atoms with Crippen molar-refractivity contribution in [3.63, 3.8) is 0 Å². The Hall–Kier alpha value is -1.71. The van der Waals surface area contributed by atoms with Crippen LogP contribution in [0.1, 0.15) is 41.7 Å². The Kier molecular flexibility index (Phi) is 4.32. The Balaban J connectivity index is 1.90. The highest BCUT2D eigenvalue weighted by Crippen LogP contribution is 2.37. The summed E-state index contributed by atoms with van der Waals surface area (Å²) in [5.74, 6) is 0.0418. The third kappa shape index (κ3) is 2.85. The molecule has 0 amide bonds. The molecule has 0 saturated heterocycles. The van der Waals surface area contributed by atoms with Crippen LogP contribution in [-0.4, -0.2) is 23.3 Å². The van der Waals surface area contributed by atoms with Gasteiger partial charge in [-0.3, -0.25) is 4.98 Å². The maximum Gasteiger partial charge on any atom is 0.109 e. The first-order valence-corrected chi connectivity index (χ1v) is 7.51. The first-order chi connectivity index (χ1) is 10.3. The molecule has 0 aliphatic heterocycles. The van der Waals surface area contributed by atoms with Crippen molar-refractivity contribution in [1.82, 2.24) is 4.98 Å². The molecule has 0 radical (unpaired) electrons. The number of fused-ring (bicyclic) bond motifs is 1. The molecule has 1 N–H and O–H groups in total. The van der Waals surface area contributed by atoms with Crippen molar-refractivity contribution in [2.75, 3.05) is 7.11 Å². The molecule has 21 heavy (non-hydrogen) atoms. The minimum absolute atomic E-state index is 0.0418. The van der Waals surface area contributed by atoms with Crippen molar-refractivity contribution >= 4 is 0 Å². The predicted octanol–water partition coefficient (Wildman–Crippen LogP) is 3.25. The number of aliphatic hydroxyl groups is 1. The summed E-state index contributed by atoms with van der Waals surface area (Å²) in [5, 5.41) is 10.9. The van der Waals surface area contributed by atoms with Crippen LogP contribution in [0.5, 0.6) is 0 Å². The molecular formula is C18H21NO2. The van der Waals surface area contributed by atoms with Gasteiger partial charge in [-0.2, -0.15) is 0 Å². The molecule has 3 unspecified atom stereocenters. The zero-order chi connectivity index (χ0) is 14.7. The van der Waals surface area contributed by atoms with Gasteiger partial charge in [-0.15, -0.1) is 0 Å². The molecule has 1 aromatic carbocycles. The molecule has 3 rings (SSSR count). The monoisotopic (exact) mass is 283 g/mol. The third-order valence-corrected chi connectivity index (χ3v) is 4.34. The van der Waals surface area contributed by atoms with Crippen LogP contribution in [0.25, 0.3) is 0 Å². The highest BCUT2D eigenvalue weighted by molar-refractivity contribution is 5.29. The summed E-state index contributed by atoms with van der Waals surface area (Å²) in [7, 11) is 1.66. The molecule has 0 fully saturated rings. The summed E-state index contributed by atoms with van der Waals surface area (Å²) in [6, 6.07) is 14.0. The lowest BCUT2D eigenvalue weighted by Crippen LogP contribution is -2.30. The number of pyridine rings is 1. The van der Waals surface area contributed by atoms with Gasteiger partial charge in [-0.25, -0.2) is 0 Å². The Morgan fingerprint density at radius 2 is 2.00 bits per heavy atom. The standard InChI is InChI=1S/C18H21NO2/c1-21-18(14-7-3-2-4-8-14)17(20)15-11-5-9-13-10-6-12-19-16(13)15/h2-4,6-8,10,12,15,17-18,20H,5,9,11H2,1H3. The fourth-order valence-electron chi connectivity index (χ4n) is 3.30. The molecule has 3 atom stereocenters. The van der Waals surface area contributed by atoms with Crippen molar-refractivity contribution in [1.29, 1.82) is 0 Å². The zero-order valence-electron chi connectivity index (χ0n) is 12.3. The number of benzene rings is 1. The molecule has 1 aromatic heterocycles. The lowest BCUT2D eigenvalue weighted by molar-refractivity contribution is -0.0305. The van der Waals surface area contributed by atoms with Crippen LogP contribution in [0.15, 0.2) is 48.7 Å². The Labute approximate surface area is 125 Å². The summed E-state index contributed by atoms with van der Waals surface area (Å²) in [6.45, 7) is 0. The van der Waals surface area contributed by atoms with Crippen LogP contribution in [0, 0.1) is 0 Å². The van der Waals surface area contributed by atoms with E-state index in [4.69, 9.17) is 4.74 Å². The van der Waals surface area contributed by atoms with Gasteiger partial charge in [0.1, 0.15) is 6.10 Å². The Morgan fingerprint density at radius 1 is 1.19 bits per heavy atom. The van der Waals surface area contributed by atoms with Crippen LogP contribution in [0.4, 0.5) is 0 Å². The second kappa shape index (κ2) is 6.37. The molecule has 0 bridgehead atoms. The molecule has 1 aliphatic rings. The van der Waals surface area contributed by atoms with E-state index in [-0.39, 0.29) is 12.0 Å². The van der Waals surface area contributed by atoms with E-state index in [2.05, 4.69) is 11.1 Å². The number of aliphatic hydroxyl groups excluding tert-OH is 1. The SMILES string of the molecule is COC(c1ccccc1)C(O)C1CCCc2cccnc21. The van der Waals surface area contributed by atoms with Gasteiger partial charge in [-0.05, 0) is 36.5 Å². The summed E-state index contributed by atoms with van der Waals surface area (Å²) in [4.78, 5) is 4.52. The summed E-state index contributed by atoms with van der Waals surface area (Å²) < 4.78 is 5.59. The Bertz CT molecular complexity index is 585. The molecule has 2 aromatic rings. The number of hydrogen-bond acceptors (Lipinski definition) is 3. The van der Waals surface area contributed by atoms with E-state index in [1.54, 1.807) is 7.11 Å². The smallest absolute Gasteiger partial charge is 0.109 e. The van der Waals surface area contributed by atoms with E-state index in [0.717, 1.165) is 30.5 Å². The molecule has 0 saturated carbocycles. The van der Waals surface area contributed by atoms with Crippen LogP contribution in [-0.2, 0) is 11.2 Å². The number of aromatic nitrogens is 1. The topological polar surface area (TPSA) is 42.4 Å².